The van der Waals surface area contributed by atoms with Crippen LogP contribution in [0, 0.1) is 3.57 Å². The van der Waals surface area contributed by atoms with E-state index in [4.69, 9.17) is 4.74 Å². The molecule has 1 aromatic heterocycles. The molecule has 6 heteroatoms. The van der Waals surface area contributed by atoms with E-state index in [2.05, 4.69) is 62.4 Å². The predicted molar refractivity (Wildman–Crippen MR) is 91.1 cm³/mol. The molecular weight excluding hydrogens is 385 g/mol. The molecule has 1 heterocycles. The second kappa shape index (κ2) is 8.66. The number of benzene rings is 1. The highest BCUT2D eigenvalue weighted by Crippen LogP contribution is 2.24. The lowest BCUT2D eigenvalue weighted by molar-refractivity contribution is 0.199. The highest BCUT2D eigenvalue weighted by molar-refractivity contribution is 14.1. The molecule has 0 saturated carbocycles. The summed E-state index contributed by atoms with van der Waals surface area (Å²) in [6, 6.07) is 8.38. The van der Waals surface area contributed by atoms with Gasteiger partial charge in [0.2, 0.25) is 0 Å². The largest absolute Gasteiger partial charge is 0.383 e. The second-order valence-corrected chi connectivity index (χ2v) is 6.66. The predicted octanol–water partition coefficient (Wildman–Crippen LogP) is 2.98. The molecule has 0 saturated heterocycles. The standard InChI is InChI=1S/C14H18IN3OS/c1-19-10-9-16-8-2-3-13-17-18-14(20-13)11-4-6-12(15)7-5-11/h4-7,16H,2-3,8-10H2,1H3. The van der Waals surface area contributed by atoms with Crippen LogP contribution in [0.1, 0.15) is 11.4 Å². The highest BCUT2D eigenvalue weighted by atomic mass is 127. The Kier molecular flexibility index (Phi) is 6.85. The maximum Gasteiger partial charge on any atom is 0.147 e. The fourth-order valence-electron chi connectivity index (χ4n) is 1.73. The van der Waals surface area contributed by atoms with Crippen LogP contribution in [0.2, 0.25) is 0 Å². The molecule has 0 bridgehead atoms. The van der Waals surface area contributed by atoms with Gasteiger partial charge in [0.1, 0.15) is 10.0 Å². The van der Waals surface area contributed by atoms with Crippen LogP contribution < -0.4 is 5.32 Å². The fourth-order valence-corrected chi connectivity index (χ4v) is 2.97. The van der Waals surface area contributed by atoms with Crippen molar-refractivity contribution < 1.29 is 4.74 Å². The van der Waals surface area contributed by atoms with Gasteiger partial charge in [0, 0.05) is 29.2 Å². The maximum absolute atomic E-state index is 4.98. The van der Waals surface area contributed by atoms with Crippen molar-refractivity contribution in [2.45, 2.75) is 12.8 Å². The van der Waals surface area contributed by atoms with Gasteiger partial charge in [0.15, 0.2) is 0 Å². The summed E-state index contributed by atoms with van der Waals surface area (Å²) in [6.07, 6.45) is 2.05. The Balaban J connectivity index is 1.79. The summed E-state index contributed by atoms with van der Waals surface area (Å²) in [5.41, 5.74) is 1.15. The van der Waals surface area contributed by atoms with Crippen LogP contribution in [-0.4, -0.2) is 37.0 Å². The molecule has 2 aromatic rings. The maximum atomic E-state index is 4.98. The van der Waals surface area contributed by atoms with Crippen LogP contribution in [0.15, 0.2) is 24.3 Å². The smallest absolute Gasteiger partial charge is 0.147 e. The van der Waals surface area contributed by atoms with E-state index in [1.807, 2.05) is 0 Å². The number of nitrogens with one attached hydrogen (secondary N) is 1. The van der Waals surface area contributed by atoms with E-state index in [0.29, 0.717) is 0 Å². The third-order valence-corrected chi connectivity index (χ3v) is 4.54. The van der Waals surface area contributed by atoms with E-state index in [1.165, 1.54) is 3.57 Å². The van der Waals surface area contributed by atoms with Crippen molar-refractivity contribution >= 4 is 33.9 Å². The molecule has 1 aromatic carbocycles. The van der Waals surface area contributed by atoms with Gasteiger partial charge in [-0.2, -0.15) is 0 Å². The Morgan fingerprint density at radius 3 is 2.75 bits per heavy atom. The highest BCUT2D eigenvalue weighted by Gasteiger charge is 2.06. The zero-order chi connectivity index (χ0) is 14.2. The van der Waals surface area contributed by atoms with Crippen LogP contribution in [0.25, 0.3) is 10.6 Å². The normalized spacial score (nSPS) is 10.9. The van der Waals surface area contributed by atoms with Crippen molar-refractivity contribution in [3.05, 3.63) is 32.8 Å². The molecule has 0 aliphatic carbocycles. The molecule has 0 aliphatic rings. The third-order valence-electron chi connectivity index (χ3n) is 2.79. The average Bonchev–Trinajstić information content (AvgIpc) is 2.92. The van der Waals surface area contributed by atoms with Crippen LogP contribution >= 0.6 is 33.9 Å². The molecule has 0 radical (unpaired) electrons. The van der Waals surface area contributed by atoms with E-state index in [0.717, 1.165) is 48.1 Å². The van der Waals surface area contributed by atoms with Gasteiger partial charge in [0.25, 0.3) is 0 Å². The van der Waals surface area contributed by atoms with Gasteiger partial charge in [-0.25, -0.2) is 0 Å². The SMILES string of the molecule is COCCNCCCc1nnc(-c2ccc(I)cc2)s1. The van der Waals surface area contributed by atoms with Gasteiger partial charge in [-0.15, -0.1) is 10.2 Å². The first kappa shape index (κ1) is 15.8. The van der Waals surface area contributed by atoms with E-state index in [-0.39, 0.29) is 0 Å². The fraction of sp³-hybridized carbons (Fsp3) is 0.429. The Hall–Kier alpha value is -0.570. The zero-order valence-electron chi connectivity index (χ0n) is 11.4. The molecule has 4 nitrogen and oxygen atoms in total. The average molecular weight is 403 g/mol. The van der Waals surface area contributed by atoms with Gasteiger partial charge in [-0.3, -0.25) is 0 Å². The quantitative estimate of drug-likeness (QED) is 0.544. The summed E-state index contributed by atoms with van der Waals surface area (Å²) in [6.45, 7) is 2.65. The van der Waals surface area contributed by atoms with Crippen LogP contribution in [0.4, 0.5) is 0 Å². The van der Waals surface area contributed by atoms with Crippen LogP contribution in [0.3, 0.4) is 0 Å². The molecule has 20 heavy (non-hydrogen) atoms. The molecule has 1 N–H and O–H groups in total. The number of aromatic nitrogens is 2. The van der Waals surface area contributed by atoms with Crippen molar-refractivity contribution in [1.29, 1.82) is 0 Å². The first-order valence-corrected chi connectivity index (χ1v) is 8.47. The van der Waals surface area contributed by atoms with E-state index < -0.39 is 0 Å². The number of hydrogen-bond donors (Lipinski definition) is 1. The summed E-state index contributed by atoms with van der Waals surface area (Å²) < 4.78 is 6.22. The number of rotatable bonds is 8. The second-order valence-electron chi connectivity index (χ2n) is 4.35. The van der Waals surface area contributed by atoms with Gasteiger partial charge in [-0.05, 0) is 47.7 Å². The molecule has 108 valence electrons. The Bertz CT molecular complexity index is 515. The van der Waals surface area contributed by atoms with E-state index in [1.54, 1.807) is 18.4 Å². The van der Waals surface area contributed by atoms with Crippen molar-refractivity contribution in [2.24, 2.45) is 0 Å². The van der Waals surface area contributed by atoms with Crippen molar-refractivity contribution in [3.8, 4) is 10.6 Å². The van der Waals surface area contributed by atoms with Crippen molar-refractivity contribution in [2.75, 3.05) is 26.8 Å². The van der Waals surface area contributed by atoms with Crippen LogP contribution in [0.5, 0.6) is 0 Å². The van der Waals surface area contributed by atoms with E-state index >= 15 is 0 Å². The Morgan fingerprint density at radius 1 is 1.20 bits per heavy atom. The van der Waals surface area contributed by atoms with Crippen molar-refractivity contribution in [1.82, 2.24) is 15.5 Å². The Labute approximate surface area is 137 Å². The summed E-state index contributed by atoms with van der Waals surface area (Å²) >= 11 is 3.99. The lowest BCUT2D eigenvalue weighted by Gasteiger charge is -2.01. The van der Waals surface area contributed by atoms with Gasteiger partial charge in [-0.1, -0.05) is 23.5 Å². The molecule has 0 atom stereocenters. The number of aryl methyl sites for hydroxylation is 1. The minimum Gasteiger partial charge on any atom is -0.383 e. The minimum atomic E-state index is 0.760. The molecule has 0 aliphatic heterocycles. The first-order chi connectivity index (χ1) is 9.79. The van der Waals surface area contributed by atoms with Crippen molar-refractivity contribution in [3.63, 3.8) is 0 Å². The molecule has 2 rings (SSSR count). The van der Waals surface area contributed by atoms with Crippen LogP contribution in [-0.2, 0) is 11.2 Å². The number of hydrogen-bond acceptors (Lipinski definition) is 5. The van der Waals surface area contributed by atoms with E-state index in [9.17, 15) is 0 Å². The lowest BCUT2D eigenvalue weighted by atomic mass is 10.2. The third kappa shape index (κ3) is 5.08. The number of ether oxygens (including phenoxy) is 1. The summed E-state index contributed by atoms with van der Waals surface area (Å²) in [4.78, 5) is 0. The molecular formula is C14H18IN3OS. The monoisotopic (exact) mass is 403 g/mol. The Morgan fingerprint density at radius 2 is 2.00 bits per heavy atom. The summed E-state index contributed by atoms with van der Waals surface area (Å²) in [7, 11) is 1.72. The number of halogens is 1. The molecule has 0 amide bonds. The molecule has 0 spiro atoms. The summed E-state index contributed by atoms with van der Waals surface area (Å²) in [5, 5.41) is 14.0. The molecule has 0 unspecified atom stereocenters. The van der Waals surface area contributed by atoms with Gasteiger partial charge in [0.05, 0.1) is 6.61 Å². The molecule has 0 fully saturated rings. The number of methoxy groups -OCH3 is 1. The topological polar surface area (TPSA) is 47.0 Å². The van der Waals surface area contributed by atoms with Gasteiger partial charge < -0.3 is 10.1 Å². The lowest BCUT2D eigenvalue weighted by Crippen LogP contribution is -2.20. The van der Waals surface area contributed by atoms with Gasteiger partial charge >= 0.3 is 0 Å². The first-order valence-electron chi connectivity index (χ1n) is 6.57. The number of nitrogens with zero attached hydrogens (tertiary/aromatic N) is 2. The zero-order valence-corrected chi connectivity index (χ0v) is 14.4. The summed E-state index contributed by atoms with van der Waals surface area (Å²) in [5.74, 6) is 0. The minimum absolute atomic E-state index is 0.760.